The van der Waals surface area contributed by atoms with Crippen LogP contribution in [-0.2, 0) is 20.0 Å². The molecular formula is C13H19N5. The lowest BCUT2D eigenvalue weighted by atomic mass is 9.91. The van der Waals surface area contributed by atoms with E-state index >= 15 is 0 Å². The predicted octanol–water partition coefficient (Wildman–Crippen LogP) is 1.26. The van der Waals surface area contributed by atoms with Gasteiger partial charge in [-0.2, -0.15) is 5.10 Å². The summed E-state index contributed by atoms with van der Waals surface area (Å²) in [5, 5.41) is 7.50. The molecule has 0 radical (unpaired) electrons. The van der Waals surface area contributed by atoms with Gasteiger partial charge in [0.05, 0.1) is 6.54 Å². The summed E-state index contributed by atoms with van der Waals surface area (Å²) in [5.74, 6) is 0.989. The summed E-state index contributed by atoms with van der Waals surface area (Å²) in [6, 6.07) is 0.509. The van der Waals surface area contributed by atoms with Gasteiger partial charge in [-0.05, 0) is 37.4 Å². The lowest BCUT2D eigenvalue weighted by Gasteiger charge is -2.21. The Morgan fingerprint density at radius 3 is 3.06 bits per heavy atom. The molecule has 0 aliphatic heterocycles. The highest BCUT2D eigenvalue weighted by molar-refractivity contribution is 5.30. The van der Waals surface area contributed by atoms with Gasteiger partial charge in [-0.3, -0.25) is 4.68 Å². The van der Waals surface area contributed by atoms with Gasteiger partial charge in [0.15, 0.2) is 0 Å². The van der Waals surface area contributed by atoms with E-state index in [1.807, 2.05) is 18.8 Å². The Labute approximate surface area is 107 Å². The van der Waals surface area contributed by atoms with Crippen molar-refractivity contribution in [3.8, 4) is 0 Å². The Bertz CT molecular complexity index is 539. The van der Waals surface area contributed by atoms with Crippen LogP contribution < -0.4 is 5.32 Å². The van der Waals surface area contributed by atoms with Gasteiger partial charge in [0, 0.05) is 25.5 Å². The van der Waals surface area contributed by atoms with Crippen LogP contribution >= 0.6 is 0 Å². The molecular weight excluding hydrogens is 226 g/mol. The van der Waals surface area contributed by atoms with E-state index in [0.717, 1.165) is 12.4 Å². The molecule has 2 aromatic heterocycles. The molecule has 1 unspecified atom stereocenters. The van der Waals surface area contributed by atoms with Crippen molar-refractivity contribution >= 4 is 0 Å². The smallest absolute Gasteiger partial charge is 0.146 e. The minimum atomic E-state index is 0.509. The number of aryl methyl sites for hydroxylation is 2. The van der Waals surface area contributed by atoms with E-state index in [9.17, 15) is 0 Å². The first-order valence-corrected chi connectivity index (χ1v) is 6.46. The monoisotopic (exact) mass is 245 g/mol. The molecule has 0 saturated heterocycles. The van der Waals surface area contributed by atoms with Gasteiger partial charge in [0.25, 0.3) is 0 Å². The summed E-state index contributed by atoms with van der Waals surface area (Å²) in [6.45, 7) is 0.792. The van der Waals surface area contributed by atoms with Crippen LogP contribution in [0.2, 0.25) is 0 Å². The lowest BCUT2D eigenvalue weighted by molar-refractivity contribution is 0.498. The van der Waals surface area contributed by atoms with Crippen molar-refractivity contribution in [1.82, 2.24) is 24.6 Å². The first-order chi connectivity index (χ1) is 8.78. The zero-order valence-electron chi connectivity index (χ0n) is 10.9. The van der Waals surface area contributed by atoms with Crippen molar-refractivity contribution in [1.29, 1.82) is 0 Å². The molecule has 2 heterocycles. The van der Waals surface area contributed by atoms with E-state index in [4.69, 9.17) is 0 Å². The number of hydrogen-bond acceptors (Lipinski definition) is 3. The van der Waals surface area contributed by atoms with Gasteiger partial charge in [0.1, 0.15) is 12.2 Å². The van der Waals surface area contributed by atoms with E-state index in [1.54, 1.807) is 6.33 Å². The average molecular weight is 245 g/mol. The molecule has 3 rings (SSSR count). The highest BCUT2D eigenvalue weighted by Crippen LogP contribution is 2.30. The van der Waals surface area contributed by atoms with E-state index in [2.05, 4.69) is 32.4 Å². The Hall–Kier alpha value is -1.62. The van der Waals surface area contributed by atoms with Gasteiger partial charge in [-0.15, -0.1) is 0 Å². The molecule has 0 fully saturated rings. The number of nitrogens with one attached hydrogen (secondary N) is 1. The molecule has 5 nitrogen and oxygen atoms in total. The van der Waals surface area contributed by atoms with Gasteiger partial charge in [0.2, 0.25) is 0 Å². The fraction of sp³-hybridized carbons (Fsp3) is 0.538. The second-order valence-corrected chi connectivity index (χ2v) is 4.94. The Kier molecular flexibility index (Phi) is 2.91. The molecule has 18 heavy (non-hydrogen) atoms. The fourth-order valence-corrected chi connectivity index (χ4v) is 2.77. The molecule has 0 bridgehead atoms. The zero-order chi connectivity index (χ0) is 12.5. The first-order valence-electron chi connectivity index (χ1n) is 6.46. The molecule has 2 aromatic rings. The highest BCUT2D eigenvalue weighted by Gasteiger charge is 2.20. The quantitative estimate of drug-likeness (QED) is 0.885. The summed E-state index contributed by atoms with van der Waals surface area (Å²) in [4.78, 5) is 4.27. The van der Waals surface area contributed by atoms with E-state index in [-0.39, 0.29) is 0 Å². The summed E-state index contributed by atoms with van der Waals surface area (Å²) in [6.07, 6.45) is 9.82. The Morgan fingerprint density at radius 2 is 2.33 bits per heavy atom. The third-order valence-electron chi connectivity index (χ3n) is 3.79. The van der Waals surface area contributed by atoms with Gasteiger partial charge in [-0.25, -0.2) is 4.98 Å². The fourth-order valence-electron chi connectivity index (χ4n) is 2.77. The number of hydrogen-bond donors (Lipinski definition) is 1. The summed E-state index contributed by atoms with van der Waals surface area (Å²) < 4.78 is 4.05. The molecule has 1 aliphatic rings. The van der Waals surface area contributed by atoms with Crippen molar-refractivity contribution in [3.05, 3.63) is 35.7 Å². The van der Waals surface area contributed by atoms with Crippen LogP contribution in [0.25, 0.3) is 0 Å². The maximum absolute atomic E-state index is 4.27. The average Bonchev–Trinajstić information content (AvgIpc) is 2.95. The third kappa shape index (κ3) is 1.95. The topological polar surface area (TPSA) is 47.7 Å². The summed E-state index contributed by atoms with van der Waals surface area (Å²) in [7, 11) is 3.97. The van der Waals surface area contributed by atoms with E-state index < -0.39 is 0 Å². The summed E-state index contributed by atoms with van der Waals surface area (Å²) >= 11 is 0. The number of aromatic nitrogens is 4. The molecule has 5 heteroatoms. The predicted molar refractivity (Wildman–Crippen MR) is 69.3 cm³/mol. The zero-order valence-corrected chi connectivity index (χ0v) is 10.9. The van der Waals surface area contributed by atoms with Crippen molar-refractivity contribution < 1.29 is 0 Å². The van der Waals surface area contributed by atoms with Gasteiger partial charge in [-0.1, -0.05) is 0 Å². The molecule has 1 N–H and O–H groups in total. The third-order valence-corrected chi connectivity index (χ3v) is 3.79. The van der Waals surface area contributed by atoms with Crippen LogP contribution in [0.3, 0.4) is 0 Å². The Morgan fingerprint density at radius 1 is 1.44 bits per heavy atom. The molecule has 0 spiro atoms. The molecule has 0 aromatic carbocycles. The van der Waals surface area contributed by atoms with Gasteiger partial charge < -0.3 is 9.88 Å². The maximum atomic E-state index is 4.27. The largest absolute Gasteiger partial charge is 0.346 e. The van der Waals surface area contributed by atoms with Crippen molar-refractivity contribution in [2.24, 2.45) is 7.05 Å². The van der Waals surface area contributed by atoms with E-state index in [1.165, 1.54) is 30.4 Å². The van der Waals surface area contributed by atoms with Crippen molar-refractivity contribution in [3.63, 3.8) is 0 Å². The van der Waals surface area contributed by atoms with Crippen LogP contribution in [-0.4, -0.2) is 26.4 Å². The van der Waals surface area contributed by atoms with E-state index in [0.29, 0.717) is 6.04 Å². The van der Waals surface area contributed by atoms with Crippen LogP contribution in [0.15, 0.2) is 18.7 Å². The van der Waals surface area contributed by atoms with Crippen LogP contribution in [0, 0.1) is 0 Å². The van der Waals surface area contributed by atoms with Crippen molar-refractivity contribution in [2.75, 3.05) is 7.05 Å². The second-order valence-electron chi connectivity index (χ2n) is 4.94. The van der Waals surface area contributed by atoms with Crippen LogP contribution in [0.5, 0.6) is 0 Å². The maximum Gasteiger partial charge on any atom is 0.146 e. The van der Waals surface area contributed by atoms with Crippen LogP contribution in [0.1, 0.15) is 35.8 Å². The molecule has 96 valence electrons. The summed E-state index contributed by atoms with van der Waals surface area (Å²) in [5.41, 5.74) is 2.92. The standard InChI is InChI=1S/C13H19N5/c1-14-12-5-3-4-10-6-18(7-11(10)12)8-13-15-9-16-17(13)2/h6-7,9,12,14H,3-5,8H2,1-2H3. The molecule has 1 atom stereocenters. The highest BCUT2D eigenvalue weighted by atomic mass is 15.3. The molecule has 1 aliphatic carbocycles. The first kappa shape index (κ1) is 11.5. The molecule has 0 amide bonds. The minimum absolute atomic E-state index is 0.509. The van der Waals surface area contributed by atoms with Crippen molar-refractivity contribution in [2.45, 2.75) is 31.8 Å². The second kappa shape index (κ2) is 4.57. The Balaban J connectivity index is 1.86. The molecule has 0 saturated carbocycles. The lowest BCUT2D eigenvalue weighted by Crippen LogP contribution is -2.20. The minimum Gasteiger partial charge on any atom is -0.346 e. The van der Waals surface area contributed by atoms with Gasteiger partial charge >= 0.3 is 0 Å². The van der Waals surface area contributed by atoms with Crippen LogP contribution in [0.4, 0.5) is 0 Å². The normalized spacial score (nSPS) is 18.9. The SMILES string of the molecule is CNC1CCCc2cn(Cc3ncnn3C)cc21. The number of nitrogens with zero attached hydrogens (tertiary/aromatic N) is 4. The number of fused-ring (bicyclic) bond motifs is 1. The number of rotatable bonds is 3.